The largest absolute Gasteiger partial charge is 0.468 e. The maximum atomic E-state index is 14.3. The molecule has 0 radical (unpaired) electrons. The minimum absolute atomic E-state index is 0.0432. The van der Waals surface area contributed by atoms with Gasteiger partial charge in [0, 0.05) is 12.1 Å². The van der Waals surface area contributed by atoms with Crippen molar-refractivity contribution in [1.29, 1.82) is 0 Å². The van der Waals surface area contributed by atoms with E-state index < -0.39 is 27.9 Å². The normalized spacial score (nSPS) is 19.5. The molecule has 1 atom stereocenters. The number of benzene rings is 1. The lowest BCUT2D eigenvalue weighted by atomic mass is 9.89. The number of halogens is 1. The summed E-state index contributed by atoms with van der Waals surface area (Å²) < 4.78 is 49.7. The highest BCUT2D eigenvalue weighted by atomic mass is 32.2. The fourth-order valence-electron chi connectivity index (χ4n) is 4.95. The van der Waals surface area contributed by atoms with Gasteiger partial charge in [0.2, 0.25) is 10.0 Å². The number of esters is 1. The second-order valence-corrected chi connectivity index (χ2v) is 11.3. The summed E-state index contributed by atoms with van der Waals surface area (Å²) in [5.74, 6) is -0.711. The molecule has 33 heavy (non-hydrogen) atoms. The second kappa shape index (κ2) is 9.50. The first kappa shape index (κ1) is 23.8. The Bertz CT molecular complexity index is 1130. The zero-order valence-corrected chi connectivity index (χ0v) is 20.1. The van der Waals surface area contributed by atoms with E-state index in [1.807, 2.05) is 13.8 Å². The van der Waals surface area contributed by atoms with Gasteiger partial charge in [-0.15, -0.1) is 5.10 Å². The molecule has 2 heterocycles. The molecule has 2 aliphatic rings. The summed E-state index contributed by atoms with van der Waals surface area (Å²) in [5, 5.41) is 8.64. The predicted octanol–water partition coefficient (Wildman–Crippen LogP) is 3.76. The number of sulfonamides is 1. The van der Waals surface area contributed by atoms with Gasteiger partial charge in [-0.2, -0.15) is 4.31 Å². The number of hydrogen-bond donors (Lipinski definition) is 0. The van der Waals surface area contributed by atoms with Crippen LogP contribution in [0.4, 0.5) is 4.39 Å². The Labute approximate surface area is 194 Å². The van der Waals surface area contributed by atoms with Crippen molar-refractivity contribution in [1.82, 2.24) is 19.3 Å². The first-order chi connectivity index (χ1) is 15.7. The van der Waals surface area contributed by atoms with Crippen LogP contribution in [0, 0.1) is 17.7 Å². The molecule has 1 aromatic carbocycles. The van der Waals surface area contributed by atoms with Crippen molar-refractivity contribution in [2.45, 2.75) is 76.4 Å². The number of methoxy groups -OCH3 is 1. The Morgan fingerprint density at radius 3 is 2.64 bits per heavy atom. The van der Waals surface area contributed by atoms with Crippen molar-refractivity contribution in [3.8, 4) is 11.3 Å². The minimum atomic E-state index is -4.14. The summed E-state index contributed by atoms with van der Waals surface area (Å²) in [5.41, 5.74) is 1.16. The molecule has 2 aromatic rings. The molecule has 8 nitrogen and oxygen atoms in total. The molecule has 1 fully saturated rings. The van der Waals surface area contributed by atoms with Crippen LogP contribution in [0.2, 0.25) is 0 Å². The van der Waals surface area contributed by atoms with Gasteiger partial charge < -0.3 is 4.74 Å². The third-order valence-corrected chi connectivity index (χ3v) is 8.48. The van der Waals surface area contributed by atoms with Crippen LogP contribution in [-0.2, 0) is 32.6 Å². The monoisotopic (exact) mass is 478 g/mol. The van der Waals surface area contributed by atoms with Gasteiger partial charge in [-0.25, -0.2) is 17.5 Å². The van der Waals surface area contributed by atoms with E-state index in [1.165, 1.54) is 25.7 Å². The van der Waals surface area contributed by atoms with Gasteiger partial charge in [0.15, 0.2) is 0 Å². The molecule has 0 spiro atoms. The van der Waals surface area contributed by atoms with Gasteiger partial charge in [-0.05, 0) is 49.3 Å². The van der Waals surface area contributed by atoms with Crippen molar-refractivity contribution in [3.05, 3.63) is 29.7 Å². The highest BCUT2D eigenvalue weighted by Crippen LogP contribution is 2.39. The van der Waals surface area contributed by atoms with E-state index in [4.69, 9.17) is 4.74 Å². The zero-order valence-electron chi connectivity index (χ0n) is 19.3. The molecule has 10 heteroatoms. The lowest BCUT2D eigenvalue weighted by Gasteiger charge is -2.28. The van der Waals surface area contributed by atoms with E-state index in [0.29, 0.717) is 23.9 Å². The molecule has 1 aliphatic heterocycles. The summed E-state index contributed by atoms with van der Waals surface area (Å²) in [6.07, 6.45) is 5.98. The fourth-order valence-corrected chi connectivity index (χ4v) is 6.68. The average Bonchev–Trinajstić information content (AvgIpc) is 3.13. The van der Waals surface area contributed by atoms with E-state index in [0.717, 1.165) is 36.1 Å². The van der Waals surface area contributed by atoms with Crippen LogP contribution in [0.15, 0.2) is 23.1 Å². The number of hydrogen-bond acceptors (Lipinski definition) is 6. The summed E-state index contributed by atoms with van der Waals surface area (Å²) >= 11 is 0. The third-order valence-electron chi connectivity index (χ3n) is 6.57. The number of rotatable bonds is 6. The molecule has 180 valence electrons. The molecular weight excluding hydrogens is 447 g/mol. The van der Waals surface area contributed by atoms with Gasteiger partial charge in [0.1, 0.15) is 17.6 Å². The number of aromatic nitrogens is 3. The minimum Gasteiger partial charge on any atom is -0.468 e. The van der Waals surface area contributed by atoms with Crippen molar-refractivity contribution >= 4 is 16.0 Å². The van der Waals surface area contributed by atoms with Crippen LogP contribution in [-0.4, -0.2) is 46.8 Å². The zero-order chi connectivity index (χ0) is 23.8. The highest BCUT2D eigenvalue weighted by Gasteiger charge is 2.42. The fraction of sp³-hybridized carbons (Fsp3) is 0.609. The molecule has 1 saturated carbocycles. The lowest BCUT2D eigenvalue weighted by Crippen LogP contribution is -2.45. The molecule has 1 aromatic heterocycles. The lowest BCUT2D eigenvalue weighted by molar-refractivity contribution is -0.145. The standard InChI is InChI=1S/C23H31FN4O4S/c1-15(2)11-20(23(29)32-3)28-14-19-22(18-12-17(24)9-10-21(18)33(28,30)31)27(26-25-19)13-16-7-5-4-6-8-16/h9-10,12,15-16,20H,4-8,11,13-14H2,1-3H3/t20-/m0/s1. The number of carbonyl (C=O) groups excluding carboxylic acids is 1. The van der Waals surface area contributed by atoms with E-state index >= 15 is 0 Å². The van der Waals surface area contributed by atoms with Gasteiger partial charge >= 0.3 is 5.97 Å². The quantitative estimate of drug-likeness (QED) is 0.587. The first-order valence-corrected chi connectivity index (χ1v) is 13.0. The van der Waals surface area contributed by atoms with Crippen LogP contribution in [0.25, 0.3) is 11.3 Å². The third kappa shape index (κ3) is 4.68. The van der Waals surface area contributed by atoms with Crippen LogP contribution < -0.4 is 0 Å². The summed E-state index contributed by atoms with van der Waals surface area (Å²) in [4.78, 5) is 12.6. The highest BCUT2D eigenvalue weighted by molar-refractivity contribution is 7.89. The van der Waals surface area contributed by atoms with Gasteiger partial charge in [0.05, 0.1) is 24.2 Å². The summed E-state index contributed by atoms with van der Waals surface area (Å²) in [7, 11) is -2.89. The maximum absolute atomic E-state index is 14.3. The average molecular weight is 479 g/mol. The first-order valence-electron chi connectivity index (χ1n) is 11.5. The van der Waals surface area contributed by atoms with E-state index in [2.05, 4.69) is 10.3 Å². The summed E-state index contributed by atoms with van der Waals surface area (Å²) in [6, 6.07) is 2.60. The van der Waals surface area contributed by atoms with Crippen molar-refractivity contribution < 1.29 is 22.3 Å². The van der Waals surface area contributed by atoms with Crippen molar-refractivity contribution in [3.63, 3.8) is 0 Å². The van der Waals surface area contributed by atoms with Crippen LogP contribution in [0.1, 0.15) is 58.1 Å². The van der Waals surface area contributed by atoms with Gasteiger partial charge in [-0.3, -0.25) is 4.79 Å². The SMILES string of the molecule is COC(=O)[C@H](CC(C)C)N1Cc2nnn(CC3CCCCC3)c2-c2cc(F)ccc2S1(=O)=O. The second-order valence-electron chi connectivity index (χ2n) is 9.43. The Kier molecular flexibility index (Phi) is 6.86. The Morgan fingerprint density at radius 1 is 1.24 bits per heavy atom. The van der Waals surface area contributed by atoms with Crippen LogP contribution >= 0.6 is 0 Å². The predicted molar refractivity (Wildman–Crippen MR) is 120 cm³/mol. The maximum Gasteiger partial charge on any atom is 0.324 e. The van der Waals surface area contributed by atoms with Crippen LogP contribution in [0.3, 0.4) is 0 Å². The topological polar surface area (TPSA) is 94.4 Å². The number of carbonyl (C=O) groups is 1. The molecular formula is C23H31FN4O4S. The van der Waals surface area contributed by atoms with Gasteiger partial charge in [0.25, 0.3) is 0 Å². The number of nitrogens with zero attached hydrogens (tertiary/aromatic N) is 4. The molecule has 1 aliphatic carbocycles. The van der Waals surface area contributed by atoms with Gasteiger partial charge in [-0.1, -0.05) is 38.3 Å². The molecule has 0 bridgehead atoms. The summed E-state index contributed by atoms with van der Waals surface area (Å²) in [6.45, 7) is 4.29. The van der Waals surface area contributed by atoms with E-state index in [9.17, 15) is 17.6 Å². The molecule has 0 amide bonds. The van der Waals surface area contributed by atoms with Crippen molar-refractivity contribution in [2.75, 3.05) is 7.11 Å². The molecule has 0 unspecified atom stereocenters. The van der Waals surface area contributed by atoms with E-state index in [-0.39, 0.29) is 29.3 Å². The molecule has 4 rings (SSSR count). The van der Waals surface area contributed by atoms with E-state index in [1.54, 1.807) is 4.68 Å². The number of fused-ring (bicyclic) bond motifs is 3. The van der Waals surface area contributed by atoms with Crippen LogP contribution in [0.5, 0.6) is 0 Å². The Balaban J connectivity index is 1.85. The Morgan fingerprint density at radius 2 is 1.97 bits per heavy atom. The molecule has 0 saturated heterocycles. The number of ether oxygens (including phenoxy) is 1. The molecule has 0 N–H and O–H groups in total. The van der Waals surface area contributed by atoms with Crippen molar-refractivity contribution in [2.24, 2.45) is 11.8 Å². The Hall–Kier alpha value is -2.33. The smallest absolute Gasteiger partial charge is 0.324 e.